The van der Waals surface area contributed by atoms with Crippen LogP contribution in [0.25, 0.3) is 6.08 Å². The van der Waals surface area contributed by atoms with Crippen molar-refractivity contribution in [1.29, 1.82) is 0 Å². The molecule has 0 spiro atoms. The molecule has 0 N–H and O–H groups in total. The molecule has 1 aromatic carbocycles. The van der Waals surface area contributed by atoms with Gasteiger partial charge in [-0.2, -0.15) is 23.3 Å². The minimum atomic E-state index is -4.48. The Labute approximate surface area is 135 Å². The van der Waals surface area contributed by atoms with Crippen molar-refractivity contribution in [3.8, 4) is 0 Å². The van der Waals surface area contributed by atoms with E-state index in [2.05, 4.69) is 5.10 Å². The number of anilines is 1. The number of hydrogen-bond donors (Lipinski definition) is 0. The molecule has 3 rings (SSSR count). The molecule has 0 unspecified atom stereocenters. The number of aryl methyl sites for hydroxylation is 1. The van der Waals surface area contributed by atoms with Crippen molar-refractivity contribution >= 4 is 23.4 Å². The monoisotopic (exact) mass is 334 g/mol. The maximum absolute atomic E-state index is 12.8. The summed E-state index contributed by atoms with van der Waals surface area (Å²) in [6.07, 6.45) is -2.95. The molecule has 2 aromatic rings. The van der Waals surface area contributed by atoms with Crippen molar-refractivity contribution in [3.63, 3.8) is 0 Å². The number of carbonyl (C=O) groups is 1. The number of furan rings is 1. The molecule has 1 aromatic heterocycles. The number of benzene rings is 1. The minimum absolute atomic E-state index is 0.0631. The van der Waals surface area contributed by atoms with E-state index >= 15 is 0 Å². The van der Waals surface area contributed by atoms with Crippen LogP contribution in [0.1, 0.15) is 24.0 Å². The normalized spacial score (nSPS) is 16.9. The summed E-state index contributed by atoms with van der Waals surface area (Å²) in [6, 6.07) is 7.95. The summed E-state index contributed by atoms with van der Waals surface area (Å²) < 4.78 is 43.9. The van der Waals surface area contributed by atoms with Crippen LogP contribution in [0.2, 0.25) is 0 Å². The van der Waals surface area contributed by atoms with E-state index in [0.717, 1.165) is 17.1 Å². The fourth-order valence-corrected chi connectivity index (χ4v) is 2.35. The first-order chi connectivity index (χ1) is 11.3. The first-order valence-electron chi connectivity index (χ1n) is 7.11. The maximum Gasteiger partial charge on any atom is 0.416 e. The summed E-state index contributed by atoms with van der Waals surface area (Å²) in [4.78, 5) is 12.5. The molecule has 1 amide bonds. The predicted octanol–water partition coefficient (Wildman–Crippen LogP) is 4.41. The van der Waals surface area contributed by atoms with Gasteiger partial charge in [-0.25, -0.2) is 0 Å². The Kier molecular flexibility index (Phi) is 3.79. The Bertz CT molecular complexity index is 863. The van der Waals surface area contributed by atoms with Crippen LogP contribution in [0.5, 0.6) is 0 Å². The molecule has 1 aliphatic heterocycles. The maximum atomic E-state index is 12.8. The molecule has 7 heteroatoms. The largest absolute Gasteiger partial charge is 0.462 e. The Morgan fingerprint density at radius 3 is 2.54 bits per heavy atom. The minimum Gasteiger partial charge on any atom is -0.462 e. The van der Waals surface area contributed by atoms with E-state index in [1.807, 2.05) is 0 Å². The number of nitrogens with zero attached hydrogens (tertiary/aromatic N) is 2. The van der Waals surface area contributed by atoms with E-state index < -0.39 is 17.6 Å². The number of hydrazone groups is 1. The summed E-state index contributed by atoms with van der Waals surface area (Å²) in [5.41, 5.74) is -0.0823. The highest BCUT2D eigenvalue weighted by atomic mass is 19.4. The van der Waals surface area contributed by atoms with Gasteiger partial charge < -0.3 is 4.42 Å². The molecule has 4 nitrogen and oxygen atoms in total. The van der Waals surface area contributed by atoms with E-state index in [-0.39, 0.29) is 11.3 Å². The third kappa shape index (κ3) is 2.97. The Morgan fingerprint density at radius 1 is 1.17 bits per heavy atom. The average Bonchev–Trinajstić information content (AvgIpc) is 3.05. The Morgan fingerprint density at radius 2 is 1.92 bits per heavy atom. The molecule has 0 fully saturated rings. The van der Waals surface area contributed by atoms with Gasteiger partial charge >= 0.3 is 6.18 Å². The van der Waals surface area contributed by atoms with Crippen LogP contribution < -0.4 is 5.01 Å². The highest BCUT2D eigenvalue weighted by Crippen LogP contribution is 2.33. The van der Waals surface area contributed by atoms with Crippen LogP contribution >= 0.6 is 0 Å². The quantitative estimate of drug-likeness (QED) is 0.764. The lowest BCUT2D eigenvalue weighted by atomic mass is 10.1. The molecular weight excluding hydrogens is 321 g/mol. The zero-order valence-electron chi connectivity index (χ0n) is 12.9. The lowest BCUT2D eigenvalue weighted by Gasteiger charge is -2.14. The fourth-order valence-electron chi connectivity index (χ4n) is 2.35. The number of halogens is 3. The SMILES string of the molecule is CC1=NN(c2cccc(C(F)(F)F)c2)C(=O)/C1=C/c1ccc(C)o1. The topological polar surface area (TPSA) is 45.8 Å². The van der Waals surface area contributed by atoms with Crippen LogP contribution in [0.4, 0.5) is 18.9 Å². The molecule has 0 aliphatic carbocycles. The Balaban J connectivity index is 1.95. The summed E-state index contributed by atoms with van der Waals surface area (Å²) in [7, 11) is 0. The second-order valence-corrected chi connectivity index (χ2v) is 5.36. The van der Waals surface area contributed by atoms with E-state index in [4.69, 9.17) is 4.42 Å². The number of rotatable bonds is 2. The van der Waals surface area contributed by atoms with Crippen LogP contribution in [-0.2, 0) is 11.0 Å². The number of alkyl halides is 3. The summed E-state index contributed by atoms with van der Waals surface area (Å²) >= 11 is 0. The number of amides is 1. The molecular formula is C17H13F3N2O2. The molecule has 124 valence electrons. The highest BCUT2D eigenvalue weighted by molar-refractivity contribution is 6.32. The summed E-state index contributed by atoms with van der Waals surface area (Å²) in [5.74, 6) is 0.675. The van der Waals surface area contributed by atoms with Gasteiger partial charge in [-0.15, -0.1) is 0 Å². The fraction of sp³-hybridized carbons (Fsp3) is 0.176. The number of carbonyl (C=O) groups excluding carboxylic acids is 1. The summed E-state index contributed by atoms with van der Waals surface area (Å²) in [6.45, 7) is 3.39. The standard InChI is InChI=1S/C17H13F3N2O2/c1-10-6-7-14(24-10)9-15-11(2)21-22(16(15)23)13-5-3-4-12(8-13)17(18,19)20/h3-9H,1-2H3/b15-9+. The van der Waals surface area contributed by atoms with Gasteiger partial charge in [0.25, 0.3) is 5.91 Å². The van der Waals surface area contributed by atoms with Crippen LogP contribution in [0, 0.1) is 6.92 Å². The zero-order chi connectivity index (χ0) is 17.5. The van der Waals surface area contributed by atoms with Gasteiger partial charge in [0.1, 0.15) is 11.5 Å². The van der Waals surface area contributed by atoms with Gasteiger partial charge in [0.2, 0.25) is 0 Å². The molecule has 0 saturated carbocycles. The van der Waals surface area contributed by atoms with Gasteiger partial charge in [-0.3, -0.25) is 4.79 Å². The van der Waals surface area contributed by atoms with Crippen molar-refractivity contribution in [3.05, 3.63) is 59.1 Å². The van der Waals surface area contributed by atoms with Crippen molar-refractivity contribution in [2.45, 2.75) is 20.0 Å². The summed E-state index contributed by atoms with van der Waals surface area (Å²) in [5, 5.41) is 5.03. The second kappa shape index (κ2) is 5.67. The molecule has 1 aliphatic rings. The van der Waals surface area contributed by atoms with Crippen molar-refractivity contribution in [1.82, 2.24) is 0 Å². The number of hydrogen-bond acceptors (Lipinski definition) is 3. The highest BCUT2D eigenvalue weighted by Gasteiger charge is 2.33. The van der Waals surface area contributed by atoms with Gasteiger partial charge in [0.05, 0.1) is 22.5 Å². The molecule has 2 heterocycles. The molecule has 0 atom stereocenters. The van der Waals surface area contributed by atoms with Gasteiger partial charge in [-0.1, -0.05) is 6.07 Å². The van der Waals surface area contributed by atoms with Crippen LogP contribution in [0.3, 0.4) is 0 Å². The second-order valence-electron chi connectivity index (χ2n) is 5.36. The average molecular weight is 334 g/mol. The first-order valence-corrected chi connectivity index (χ1v) is 7.11. The van der Waals surface area contributed by atoms with Crippen molar-refractivity contribution in [2.24, 2.45) is 5.10 Å². The van der Waals surface area contributed by atoms with E-state index in [1.165, 1.54) is 18.2 Å². The first kappa shape index (κ1) is 16.0. The van der Waals surface area contributed by atoms with Gasteiger partial charge in [0.15, 0.2) is 0 Å². The smallest absolute Gasteiger partial charge is 0.416 e. The lowest BCUT2D eigenvalue weighted by molar-refractivity contribution is -0.137. The van der Waals surface area contributed by atoms with Crippen molar-refractivity contribution < 1.29 is 22.4 Å². The van der Waals surface area contributed by atoms with Gasteiger partial charge in [0, 0.05) is 0 Å². The Hall–Kier alpha value is -2.83. The van der Waals surface area contributed by atoms with E-state index in [1.54, 1.807) is 26.0 Å². The van der Waals surface area contributed by atoms with Crippen LogP contribution in [0.15, 0.2) is 51.5 Å². The van der Waals surface area contributed by atoms with Crippen molar-refractivity contribution in [2.75, 3.05) is 5.01 Å². The zero-order valence-corrected chi connectivity index (χ0v) is 12.9. The van der Waals surface area contributed by atoms with Gasteiger partial charge in [-0.05, 0) is 50.3 Å². The van der Waals surface area contributed by atoms with E-state index in [0.29, 0.717) is 17.2 Å². The lowest BCUT2D eigenvalue weighted by Crippen LogP contribution is -2.21. The van der Waals surface area contributed by atoms with Crippen LogP contribution in [-0.4, -0.2) is 11.6 Å². The molecule has 0 radical (unpaired) electrons. The molecule has 24 heavy (non-hydrogen) atoms. The molecule has 0 saturated heterocycles. The van der Waals surface area contributed by atoms with E-state index in [9.17, 15) is 18.0 Å². The third-order valence-electron chi connectivity index (χ3n) is 3.53. The molecule has 0 bridgehead atoms. The predicted molar refractivity (Wildman–Crippen MR) is 83.5 cm³/mol. The third-order valence-corrected chi connectivity index (χ3v) is 3.53.